The van der Waals surface area contributed by atoms with Crippen LogP contribution in [0.3, 0.4) is 0 Å². The Morgan fingerprint density at radius 1 is 1.33 bits per heavy atom. The van der Waals surface area contributed by atoms with Gasteiger partial charge in [0.25, 0.3) is 0 Å². The van der Waals surface area contributed by atoms with Crippen LogP contribution in [0.1, 0.15) is 19.3 Å². The van der Waals surface area contributed by atoms with Crippen molar-refractivity contribution in [3.8, 4) is 0 Å². The summed E-state index contributed by atoms with van der Waals surface area (Å²) in [4.78, 5) is 16.5. The van der Waals surface area contributed by atoms with E-state index in [1.54, 1.807) is 0 Å². The van der Waals surface area contributed by atoms with E-state index in [4.69, 9.17) is 4.74 Å². The molecule has 2 aliphatic heterocycles. The Kier molecular flexibility index (Phi) is 5.15. The monoisotopic (exact) mass is 254 g/mol. The van der Waals surface area contributed by atoms with Crippen molar-refractivity contribution in [1.82, 2.24) is 9.80 Å². The maximum Gasteiger partial charge on any atom is 0.141 e. The SMILES string of the molecule is CN(C)CC1CCN(CC2COCCC2=O)CC1. The van der Waals surface area contributed by atoms with Crippen LogP contribution in [0.2, 0.25) is 0 Å². The van der Waals surface area contributed by atoms with Gasteiger partial charge in [0, 0.05) is 19.5 Å². The lowest BCUT2D eigenvalue weighted by Crippen LogP contribution is -2.43. The fourth-order valence-corrected chi connectivity index (χ4v) is 3.03. The number of Topliss-reactive ketones (excluding diaryl/α,β-unsaturated/α-hetero) is 1. The van der Waals surface area contributed by atoms with E-state index >= 15 is 0 Å². The van der Waals surface area contributed by atoms with Crippen LogP contribution in [0.15, 0.2) is 0 Å². The van der Waals surface area contributed by atoms with E-state index in [1.807, 2.05) is 0 Å². The first-order valence-corrected chi connectivity index (χ1v) is 7.12. The molecule has 2 rings (SSSR count). The van der Waals surface area contributed by atoms with E-state index in [9.17, 15) is 4.79 Å². The molecule has 1 atom stereocenters. The minimum Gasteiger partial charge on any atom is -0.380 e. The molecule has 1 unspecified atom stereocenters. The molecule has 0 spiro atoms. The van der Waals surface area contributed by atoms with Gasteiger partial charge in [0.15, 0.2) is 0 Å². The minimum atomic E-state index is 0.129. The lowest BCUT2D eigenvalue weighted by Gasteiger charge is -2.35. The van der Waals surface area contributed by atoms with Gasteiger partial charge in [0.1, 0.15) is 5.78 Å². The van der Waals surface area contributed by atoms with Gasteiger partial charge >= 0.3 is 0 Å². The summed E-state index contributed by atoms with van der Waals surface area (Å²) < 4.78 is 5.41. The third kappa shape index (κ3) is 4.04. The number of piperidine rings is 1. The highest BCUT2D eigenvalue weighted by Gasteiger charge is 2.27. The topological polar surface area (TPSA) is 32.8 Å². The number of rotatable bonds is 4. The molecule has 104 valence electrons. The van der Waals surface area contributed by atoms with Gasteiger partial charge in [-0.05, 0) is 45.9 Å². The van der Waals surface area contributed by atoms with E-state index in [-0.39, 0.29) is 5.92 Å². The van der Waals surface area contributed by atoms with Crippen molar-refractivity contribution in [2.24, 2.45) is 11.8 Å². The lowest BCUT2D eigenvalue weighted by molar-refractivity contribution is -0.131. The first-order valence-electron chi connectivity index (χ1n) is 7.12. The summed E-state index contributed by atoms with van der Waals surface area (Å²) in [6.45, 7) is 5.65. The van der Waals surface area contributed by atoms with Gasteiger partial charge in [-0.25, -0.2) is 0 Å². The molecule has 0 aromatic rings. The summed E-state index contributed by atoms with van der Waals surface area (Å²) in [7, 11) is 4.29. The van der Waals surface area contributed by atoms with Crippen molar-refractivity contribution in [3.63, 3.8) is 0 Å². The Morgan fingerprint density at radius 3 is 2.67 bits per heavy atom. The molecule has 2 fully saturated rings. The predicted octanol–water partition coefficient (Wildman–Crippen LogP) is 0.866. The number of hydrogen-bond acceptors (Lipinski definition) is 4. The van der Waals surface area contributed by atoms with E-state index < -0.39 is 0 Å². The standard InChI is InChI=1S/C14H26N2O2/c1-15(2)9-12-3-6-16(7-4-12)10-13-11-18-8-5-14(13)17/h12-13H,3-11H2,1-2H3. The van der Waals surface area contributed by atoms with Crippen molar-refractivity contribution >= 4 is 5.78 Å². The van der Waals surface area contributed by atoms with Gasteiger partial charge in [-0.1, -0.05) is 0 Å². The second-order valence-corrected chi connectivity index (χ2v) is 5.99. The summed E-state index contributed by atoms with van der Waals surface area (Å²) in [5, 5.41) is 0. The summed E-state index contributed by atoms with van der Waals surface area (Å²) in [5.41, 5.74) is 0. The Morgan fingerprint density at radius 2 is 2.06 bits per heavy atom. The largest absolute Gasteiger partial charge is 0.380 e. The van der Waals surface area contributed by atoms with Gasteiger partial charge in [-0.2, -0.15) is 0 Å². The molecule has 0 bridgehead atoms. The number of nitrogens with zero attached hydrogens (tertiary/aromatic N) is 2. The van der Waals surface area contributed by atoms with E-state index in [0.29, 0.717) is 25.4 Å². The average molecular weight is 254 g/mol. The Hall–Kier alpha value is -0.450. The maximum atomic E-state index is 11.8. The minimum absolute atomic E-state index is 0.129. The molecule has 0 aliphatic carbocycles. The molecule has 0 aromatic carbocycles. The third-order valence-corrected chi connectivity index (χ3v) is 4.08. The van der Waals surface area contributed by atoms with Gasteiger partial charge in [-0.3, -0.25) is 4.79 Å². The average Bonchev–Trinajstić information content (AvgIpc) is 2.34. The molecule has 0 N–H and O–H groups in total. The molecule has 0 saturated carbocycles. The van der Waals surface area contributed by atoms with Crippen molar-refractivity contribution in [2.45, 2.75) is 19.3 Å². The van der Waals surface area contributed by atoms with Crippen LogP contribution in [-0.4, -0.2) is 69.1 Å². The van der Waals surface area contributed by atoms with Crippen LogP contribution >= 0.6 is 0 Å². The smallest absolute Gasteiger partial charge is 0.141 e. The van der Waals surface area contributed by atoms with Gasteiger partial charge < -0.3 is 14.5 Å². The highest BCUT2D eigenvalue weighted by atomic mass is 16.5. The number of ether oxygens (including phenoxy) is 1. The summed E-state index contributed by atoms with van der Waals surface area (Å²) in [5.74, 6) is 1.36. The first-order chi connectivity index (χ1) is 8.65. The second-order valence-electron chi connectivity index (χ2n) is 5.99. The molecular formula is C14H26N2O2. The fraction of sp³-hybridized carbons (Fsp3) is 0.929. The van der Waals surface area contributed by atoms with Crippen molar-refractivity contribution < 1.29 is 9.53 Å². The number of hydrogen-bond donors (Lipinski definition) is 0. The van der Waals surface area contributed by atoms with Crippen LogP contribution in [0, 0.1) is 11.8 Å². The molecule has 0 aromatic heterocycles. The third-order valence-electron chi connectivity index (χ3n) is 4.08. The predicted molar refractivity (Wildman–Crippen MR) is 71.7 cm³/mol. The highest BCUT2D eigenvalue weighted by molar-refractivity contribution is 5.82. The number of ketones is 1. The second kappa shape index (κ2) is 6.64. The zero-order valence-electron chi connectivity index (χ0n) is 11.7. The highest BCUT2D eigenvalue weighted by Crippen LogP contribution is 2.20. The molecule has 0 amide bonds. The van der Waals surface area contributed by atoms with Gasteiger partial charge in [-0.15, -0.1) is 0 Å². The zero-order chi connectivity index (χ0) is 13.0. The van der Waals surface area contributed by atoms with Crippen LogP contribution < -0.4 is 0 Å². The fourth-order valence-electron chi connectivity index (χ4n) is 3.03. The number of carbonyl (C=O) groups is 1. The Bertz CT molecular complexity index is 273. The molecule has 18 heavy (non-hydrogen) atoms. The van der Waals surface area contributed by atoms with Crippen LogP contribution in [0.25, 0.3) is 0 Å². The Balaban J connectivity index is 1.71. The van der Waals surface area contributed by atoms with Gasteiger partial charge in [0.2, 0.25) is 0 Å². The molecule has 2 heterocycles. The zero-order valence-corrected chi connectivity index (χ0v) is 11.7. The lowest BCUT2D eigenvalue weighted by atomic mass is 9.94. The molecule has 4 nitrogen and oxygen atoms in total. The van der Waals surface area contributed by atoms with Crippen LogP contribution in [-0.2, 0) is 9.53 Å². The van der Waals surface area contributed by atoms with E-state index in [0.717, 1.165) is 25.6 Å². The summed E-state index contributed by atoms with van der Waals surface area (Å²) in [6, 6.07) is 0. The van der Waals surface area contributed by atoms with Crippen molar-refractivity contribution in [3.05, 3.63) is 0 Å². The van der Waals surface area contributed by atoms with Crippen molar-refractivity contribution in [1.29, 1.82) is 0 Å². The maximum absolute atomic E-state index is 11.8. The summed E-state index contributed by atoms with van der Waals surface area (Å²) >= 11 is 0. The molecular weight excluding hydrogens is 228 g/mol. The van der Waals surface area contributed by atoms with Crippen molar-refractivity contribution in [2.75, 3.05) is 53.5 Å². The normalized spacial score (nSPS) is 27.9. The van der Waals surface area contributed by atoms with E-state index in [2.05, 4.69) is 23.9 Å². The first kappa shape index (κ1) is 14.0. The number of carbonyl (C=O) groups excluding carboxylic acids is 1. The van der Waals surface area contributed by atoms with Crippen LogP contribution in [0.5, 0.6) is 0 Å². The molecule has 2 aliphatic rings. The van der Waals surface area contributed by atoms with Crippen LogP contribution in [0.4, 0.5) is 0 Å². The Labute approximate surface area is 110 Å². The van der Waals surface area contributed by atoms with E-state index in [1.165, 1.54) is 19.4 Å². The molecule has 2 saturated heterocycles. The molecule has 4 heteroatoms. The van der Waals surface area contributed by atoms with Gasteiger partial charge in [0.05, 0.1) is 19.1 Å². The summed E-state index contributed by atoms with van der Waals surface area (Å²) in [6.07, 6.45) is 3.14. The molecule has 0 radical (unpaired) electrons. The quantitative estimate of drug-likeness (QED) is 0.745. The number of likely N-dealkylation sites (tertiary alicyclic amines) is 1.